The molecule has 1 aliphatic heterocycles. The van der Waals surface area contributed by atoms with E-state index in [4.69, 9.17) is 0 Å². The van der Waals surface area contributed by atoms with Crippen LogP contribution < -0.4 is 10.2 Å². The van der Waals surface area contributed by atoms with Gasteiger partial charge in [-0.1, -0.05) is 47.5 Å². The van der Waals surface area contributed by atoms with Gasteiger partial charge in [-0.25, -0.2) is 9.29 Å². The van der Waals surface area contributed by atoms with E-state index in [1.807, 2.05) is 51.1 Å². The predicted octanol–water partition coefficient (Wildman–Crippen LogP) is 5.15. The van der Waals surface area contributed by atoms with Gasteiger partial charge in [-0.2, -0.15) is 0 Å². The third-order valence-corrected chi connectivity index (χ3v) is 5.12. The van der Waals surface area contributed by atoms with Gasteiger partial charge >= 0.3 is 0 Å². The van der Waals surface area contributed by atoms with Crippen LogP contribution in [0.5, 0.6) is 0 Å². The van der Waals surface area contributed by atoms with Crippen molar-refractivity contribution in [2.45, 2.75) is 20.8 Å². The SMILES string of the molecule is Cc1ccc(N2C(=O)C(Nc3cccc(F)c3)=C(c3ccc(C)cc3C)C2=O)cc1. The Morgan fingerprint density at radius 3 is 2.17 bits per heavy atom. The topological polar surface area (TPSA) is 49.4 Å². The average molecular weight is 400 g/mol. The summed E-state index contributed by atoms with van der Waals surface area (Å²) in [5.41, 5.74) is 4.96. The van der Waals surface area contributed by atoms with Crippen molar-refractivity contribution >= 4 is 28.8 Å². The van der Waals surface area contributed by atoms with Gasteiger partial charge in [0.15, 0.2) is 0 Å². The summed E-state index contributed by atoms with van der Waals surface area (Å²) in [6.45, 7) is 5.81. The molecule has 1 N–H and O–H groups in total. The first-order valence-electron chi connectivity index (χ1n) is 9.65. The highest BCUT2D eigenvalue weighted by Crippen LogP contribution is 2.35. The van der Waals surface area contributed by atoms with Crippen molar-refractivity contribution in [1.82, 2.24) is 0 Å². The molecule has 0 saturated carbocycles. The monoisotopic (exact) mass is 400 g/mol. The molecular formula is C25H21FN2O2. The van der Waals surface area contributed by atoms with Crippen LogP contribution in [-0.4, -0.2) is 11.8 Å². The predicted molar refractivity (Wildman–Crippen MR) is 117 cm³/mol. The fourth-order valence-electron chi connectivity index (χ4n) is 3.63. The Morgan fingerprint density at radius 2 is 1.50 bits per heavy atom. The number of benzene rings is 3. The van der Waals surface area contributed by atoms with E-state index in [0.717, 1.165) is 21.6 Å². The molecule has 0 radical (unpaired) electrons. The number of amides is 2. The number of hydrogen-bond acceptors (Lipinski definition) is 3. The van der Waals surface area contributed by atoms with Crippen molar-refractivity contribution in [2.75, 3.05) is 10.2 Å². The summed E-state index contributed by atoms with van der Waals surface area (Å²) >= 11 is 0. The molecule has 3 aromatic rings. The van der Waals surface area contributed by atoms with Gasteiger partial charge < -0.3 is 5.32 Å². The maximum atomic E-state index is 13.7. The molecule has 0 fully saturated rings. The molecule has 1 aliphatic rings. The van der Waals surface area contributed by atoms with E-state index in [-0.39, 0.29) is 11.3 Å². The summed E-state index contributed by atoms with van der Waals surface area (Å²) < 4.78 is 13.7. The lowest BCUT2D eigenvalue weighted by molar-refractivity contribution is -0.120. The van der Waals surface area contributed by atoms with Crippen molar-refractivity contribution in [3.8, 4) is 0 Å². The number of halogens is 1. The van der Waals surface area contributed by atoms with Crippen molar-refractivity contribution in [2.24, 2.45) is 0 Å². The molecule has 0 aliphatic carbocycles. The molecule has 0 atom stereocenters. The molecule has 0 aromatic heterocycles. The number of nitrogens with zero attached hydrogens (tertiary/aromatic N) is 1. The molecule has 3 aromatic carbocycles. The lowest BCUT2D eigenvalue weighted by Gasteiger charge is -2.16. The number of nitrogens with one attached hydrogen (secondary N) is 1. The maximum absolute atomic E-state index is 13.7. The van der Waals surface area contributed by atoms with Crippen LogP contribution in [0, 0.1) is 26.6 Å². The molecule has 4 nitrogen and oxygen atoms in total. The van der Waals surface area contributed by atoms with Gasteiger partial charge in [-0.15, -0.1) is 0 Å². The number of imide groups is 1. The molecular weight excluding hydrogens is 379 g/mol. The average Bonchev–Trinajstić information content (AvgIpc) is 2.93. The van der Waals surface area contributed by atoms with Crippen LogP contribution in [0.25, 0.3) is 5.57 Å². The van der Waals surface area contributed by atoms with Gasteiger partial charge in [0.05, 0.1) is 11.3 Å². The van der Waals surface area contributed by atoms with Crippen molar-refractivity contribution < 1.29 is 14.0 Å². The Labute approximate surface area is 174 Å². The highest BCUT2D eigenvalue weighted by molar-refractivity contribution is 6.46. The van der Waals surface area contributed by atoms with Crippen molar-refractivity contribution in [1.29, 1.82) is 0 Å². The molecule has 0 unspecified atom stereocenters. The molecule has 1 heterocycles. The van der Waals surface area contributed by atoms with Gasteiger partial charge in [-0.05, 0) is 62.2 Å². The van der Waals surface area contributed by atoms with Crippen LogP contribution in [0.1, 0.15) is 22.3 Å². The second-order valence-corrected chi connectivity index (χ2v) is 7.48. The summed E-state index contributed by atoms with van der Waals surface area (Å²) in [6.07, 6.45) is 0. The molecule has 0 bridgehead atoms. The van der Waals surface area contributed by atoms with Gasteiger partial charge in [-0.3, -0.25) is 9.59 Å². The molecule has 150 valence electrons. The minimum atomic E-state index is -0.469. The molecule has 0 saturated heterocycles. The van der Waals surface area contributed by atoms with Crippen LogP contribution in [-0.2, 0) is 9.59 Å². The third-order valence-electron chi connectivity index (χ3n) is 5.12. The highest BCUT2D eigenvalue weighted by Gasteiger charge is 2.40. The fraction of sp³-hybridized carbons (Fsp3) is 0.120. The minimum Gasteiger partial charge on any atom is -0.350 e. The Bertz CT molecular complexity index is 1200. The number of aryl methyl sites for hydroxylation is 3. The number of carbonyl (C=O) groups is 2. The van der Waals surface area contributed by atoms with E-state index in [0.29, 0.717) is 16.9 Å². The minimum absolute atomic E-state index is 0.137. The van der Waals surface area contributed by atoms with E-state index < -0.39 is 17.6 Å². The number of carbonyl (C=O) groups excluding carboxylic acids is 2. The van der Waals surface area contributed by atoms with Gasteiger partial charge in [0.2, 0.25) is 0 Å². The standard InChI is InChI=1S/C25H21FN2O2/c1-15-7-10-20(11-8-15)28-24(29)22(21-12-9-16(2)13-17(21)3)23(25(28)30)27-19-6-4-5-18(26)14-19/h4-14,27H,1-3H3. The number of rotatable bonds is 4. The van der Waals surface area contributed by atoms with Crippen LogP contribution in [0.3, 0.4) is 0 Å². The number of anilines is 2. The van der Waals surface area contributed by atoms with Crippen molar-refractivity contribution in [3.05, 3.63) is 100 Å². The zero-order chi connectivity index (χ0) is 21.4. The first-order valence-corrected chi connectivity index (χ1v) is 9.65. The molecule has 5 heteroatoms. The summed E-state index contributed by atoms with van der Waals surface area (Å²) in [6, 6.07) is 18.7. The largest absolute Gasteiger partial charge is 0.350 e. The Balaban J connectivity index is 1.86. The lowest BCUT2D eigenvalue weighted by Crippen LogP contribution is -2.32. The highest BCUT2D eigenvalue weighted by atomic mass is 19.1. The Kier molecular flexibility index (Phi) is 4.96. The summed E-state index contributed by atoms with van der Waals surface area (Å²) in [4.78, 5) is 27.9. The molecule has 2 amide bonds. The molecule has 30 heavy (non-hydrogen) atoms. The smallest absolute Gasteiger partial charge is 0.282 e. The van der Waals surface area contributed by atoms with Gasteiger partial charge in [0, 0.05) is 5.69 Å². The van der Waals surface area contributed by atoms with Crippen LogP contribution in [0.15, 0.2) is 72.4 Å². The second-order valence-electron chi connectivity index (χ2n) is 7.48. The summed E-state index contributed by atoms with van der Waals surface area (Å²) in [7, 11) is 0. The number of hydrogen-bond donors (Lipinski definition) is 1. The van der Waals surface area contributed by atoms with Gasteiger partial charge in [0.1, 0.15) is 11.5 Å². The van der Waals surface area contributed by atoms with E-state index in [9.17, 15) is 14.0 Å². The molecule has 0 spiro atoms. The van der Waals surface area contributed by atoms with E-state index in [1.165, 1.54) is 12.1 Å². The van der Waals surface area contributed by atoms with Gasteiger partial charge in [0.25, 0.3) is 11.8 Å². The summed E-state index contributed by atoms with van der Waals surface area (Å²) in [5.74, 6) is -1.31. The molecule has 4 rings (SSSR count). The fourth-order valence-corrected chi connectivity index (χ4v) is 3.63. The summed E-state index contributed by atoms with van der Waals surface area (Å²) in [5, 5.41) is 2.99. The van der Waals surface area contributed by atoms with Crippen LogP contribution in [0.2, 0.25) is 0 Å². The first kappa shape index (κ1) is 19.6. The Hall–Kier alpha value is -3.73. The van der Waals surface area contributed by atoms with E-state index in [1.54, 1.807) is 24.3 Å². The lowest BCUT2D eigenvalue weighted by atomic mass is 9.97. The third kappa shape index (κ3) is 3.50. The second kappa shape index (κ2) is 7.59. The van der Waals surface area contributed by atoms with E-state index >= 15 is 0 Å². The quantitative estimate of drug-likeness (QED) is 0.617. The zero-order valence-electron chi connectivity index (χ0n) is 17.0. The zero-order valence-corrected chi connectivity index (χ0v) is 17.0. The van der Waals surface area contributed by atoms with E-state index in [2.05, 4.69) is 5.32 Å². The van der Waals surface area contributed by atoms with Crippen molar-refractivity contribution in [3.63, 3.8) is 0 Å². The Morgan fingerprint density at radius 1 is 0.800 bits per heavy atom. The van der Waals surface area contributed by atoms with Crippen LogP contribution >= 0.6 is 0 Å². The van der Waals surface area contributed by atoms with Crippen LogP contribution in [0.4, 0.5) is 15.8 Å². The first-order chi connectivity index (χ1) is 14.3. The normalized spacial score (nSPS) is 13.9. The maximum Gasteiger partial charge on any atom is 0.282 e.